The van der Waals surface area contributed by atoms with Gasteiger partial charge in [-0.15, -0.1) is 0 Å². The third-order valence-corrected chi connectivity index (χ3v) is 6.09. The van der Waals surface area contributed by atoms with E-state index in [0.717, 1.165) is 29.8 Å². The summed E-state index contributed by atoms with van der Waals surface area (Å²) < 4.78 is 1.85. The van der Waals surface area contributed by atoms with E-state index in [2.05, 4.69) is 44.2 Å². The normalized spacial score (nSPS) is 21.4. The Hall–Kier alpha value is -2.73. The van der Waals surface area contributed by atoms with Crippen LogP contribution >= 0.6 is 0 Å². The molecule has 0 radical (unpaired) electrons. The smallest absolute Gasteiger partial charge is 0.251 e. The van der Waals surface area contributed by atoms with E-state index < -0.39 is 0 Å². The number of nitrogens with zero attached hydrogens (tertiary/aromatic N) is 4. The Balaban J connectivity index is 1.29. The van der Waals surface area contributed by atoms with Gasteiger partial charge >= 0.3 is 0 Å². The van der Waals surface area contributed by atoms with E-state index in [9.17, 15) is 4.79 Å². The number of hydrogen-bond donors (Lipinski definition) is 1. The summed E-state index contributed by atoms with van der Waals surface area (Å²) in [6.07, 6.45) is 8.50. The summed E-state index contributed by atoms with van der Waals surface area (Å²) >= 11 is 0. The molecule has 2 fully saturated rings. The zero-order chi connectivity index (χ0) is 18.9. The average Bonchev–Trinajstić information content (AvgIpc) is 3.45. The fraction of sp³-hybridized carbons (Fsp3) is 0.409. The number of rotatable bonds is 6. The Kier molecular flexibility index (Phi) is 4.56. The summed E-state index contributed by atoms with van der Waals surface area (Å²) in [5.74, 6) is 1.55. The topological polar surface area (TPSA) is 66.8 Å². The lowest BCUT2D eigenvalue weighted by atomic mass is 10.1. The molecule has 5 rings (SSSR count). The maximum Gasteiger partial charge on any atom is 0.251 e. The van der Waals surface area contributed by atoms with Gasteiger partial charge in [0.15, 0.2) is 0 Å². The molecule has 0 unspecified atom stereocenters. The molecule has 1 aliphatic carbocycles. The summed E-state index contributed by atoms with van der Waals surface area (Å²) in [5.41, 5.74) is 2.95. The van der Waals surface area contributed by atoms with Crippen LogP contribution in [0.5, 0.6) is 0 Å². The molecule has 144 valence electrons. The van der Waals surface area contributed by atoms with Gasteiger partial charge in [-0.3, -0.25) is 14.4 Å². The van der Waals surface area contributed by atoms with Crippen molar-refractivity contribution in [3.63, 3.8) is 0 Å². The first-order valence-electron chi connectivity index (χ1n) is 10.1. The first kappa shape index (κ1) is 17.4. The molecule has 28 heavy (non-hydrogen) atoms. The Bertz CT molecular complexity index is 993. The highest BCUT2D eigenvalue weighted by Gasteiger charge is 2.37. The number of piperidine rings is 1. The second kappa shape index (κ2) is 7.36. The van der Waals surface area contributed by atoms with Crippen LogP contribution in [0.25, 0.3) is 11.4 Å². The third kappa shape index (κ3) is 3.64. The quantitative estimate of drug-likeness (QED) is 0.719. The number of benzene rings is 1. The Labute approximate surface area is 164 Å². The van der Waals surface area contributed by atoms with Gasteiger partial charge in [0.25, 0.3) is 5.56 Å². The van der Waals surface area contributed by atoms with Crippen LogP contribution in [0.15, 0.2) is 53.6 Å². The maximum absolute atomic E-state index is 12.1. The van der Waals surface area contributed by atoms with E-state index >= 15 is 0 Å². The van der Waals surface area contributed by atoms with Crippen LogP contribution in [-0.2, 0) is 19.5 Å². The predicted octanol–water partition coefficient (Wildman–Crippen LogP) is 2.86. The summed E-state index contributed by atoms with van der Waals surface area (Å²) in [6, 6.07) is 12.7. The Morgan fingerprint density at radius 2 is 2.07 bits per heavy atom. The maximum atomic E-state index is 12.1. The van der Waals surface area contributed by atoms with Crippen LogP contribution < -0.4 is 5.56 Å². The standard InChI is InChI=1S/C22H25N5O/c28-21-13-19(8-11-27-10-1-9-23-27)24-22(25-21)18-5-2-16(3-6-18)14-26-15-17-4-7-20(26)12-17/h1-3,5-6,9-10,13,17,20H,4,7-8,11-12,14-15H2,(H,24,25,28)/t17-,20-/m0/s1. The minimum atomic E-state index is -0.113. The van der Waals surface area contributed by atoms with E-state index in [1.54, 1.807) is 12.3 Å². The fourth-order valence-corrected chi connectivity index (χ4v) is 4.66. The van der Waals surface area contributed by atoms with Crippen LogP contribution in [-0.4, -0.2) is 37.2 Å². The van der Waals surface area contributed by atoms with E-state index in [-0.39, 0.29) is 5.56 Å². The number of likely N-dealkylation sites (tertiary alicyclic amines) is 1. The Morgan fingerprint density at radius 3 is 2.79 bits per heavy atom. The summed E-state index contributed by atoms with van der Waals surface area (Å²) in [6.45, 7) is 2.98. The van der Waals surface area contributed by atoms with E-state index in [1.807, 2.05) is 16.9 Å². The van der Waals surface area contributed by atoms with Crippen LogP contribution in [0.4, 0.5) is 0 Å². The molecule has 3 aromatic rings. The lowest BCUT2D eigenvalue weighted by Crippen LogP contribution is -2.31. The third-order valence-electron chi connectivity index (χ3n) is 6.09. The molecule has 1 N–H and O–H groups in total. The molecule has 2 aromatic heterocycles. The highest BCUT2D eigenvalue weighted by Crippen LogP contribution is 2.38. The molecule has 1 saturated heterocycles. The van der Waals surface area contributed by atoms with Crippen LogP contribution in [0.1, 0.15) is 30.5 Å². The van der Waals surface area contributed by atoms with Gasteiger partial charge in [0.05, 0.1) is 5.69 Å². The molecule has 3 heterocycles. The highest BCUT2D eigenvalue weighted by atomic mass is 16.1. The van der Waals surface area contributed by atoms with Crippen molar-refractivity contribution in [2.24, 2.45) is 5.92 Å². The predicted molar refractivity (Wildman–Crippen MR) is 108 cm³/mol. The summed E-state index contributed by atoms with van der Waals surface area (Å²) in [4.78, 5) is 22.2. The van der Waals surface area contributed by atoms with Gasteiger partial charge in [0.2, 0.25) is 0 Å². The molecular weight excluding hydrogens is 350 g/mol. The van der Waals surface area contributed by atoms with E-state index in [0.29, 0.717) is 18.8 Å². The average molecular weight is 375 g/mol. The van der Waals surface area contributed by atoms with Crippen molar-refractivity contribution in [1.82, 2.24) is 24.6 Å². The van der Waals surface area contributed by atoms with Gasteiger partial charge in [-0.2, -0.15) is 5.10 Å². The molecule has 1 aromatic carbocycles. The number of aryl methyl sites for hydroxylation is 2. The first-order valence-corrected chi connectivity index (χ1v) is 10.1. The zero-order valence-corrected chi connectivity index (χ0v) is 15.9. The number of fused-ring (bicyclic) bond motifs is 2. The second-order valence-corrected chi connectivity index (χ2v) is 8.06. The molecule has 6 heteroatoms. The molecule has 2 bridgehead atoms. The Morgan fingerprint density at radius 1 is 1.18 bits per heavy atom. The SMILES string of the molecule is O=c1cc(CCn2cccn2)nc(-c2ccc(CN3C[C@H]4CC[C@H]3C4)cc2)[nH]1. The molecule has 2 atom stereocenters. The van der Waals surface area contributed by atoms with Gasteiger partial charge in [0.1, 0.15) is 5.82 Å². The lowest BCUT2D eigenvalue weighted by Gasteiger charge is -2.26. The summed E-state index contributed by atoms with van der Waals surface area (Å²) in [7, 11) is 0. The number of nitrogens with one attached hydrogen (secondary N) is 1. The van der Waals surface area contributed by atoms with Gasteiger partial charge in [-0.05, 0) is 36.8 Å². The molecule has 1 aliphatic heterocycles. The van der Waals surface area contributed by atoms with Crippen molar-refractivity contribution in [1.29, 1.82) is 0 Å². The molecular formula is C22H25N5O. The monoisotopic (exact) mass is 375 g/mol. The van der Waals surface area contributed by atoms with Gasteiger partial charge < -0.3 is 4.98 Å². The molecule has 0 spiro atoms. The largest absolute Gasteiger partial charge is 0.307 e. The summed E-state index contributed by atoms with van der Waals surface area (Å²) in [5, 5.41) is 4.20. The van der Waals surface area contributed by atoms with Crippen LogP contribution in [0.3, 0.4) is 0 Å². The number of aromatic nitrogens is 4. The number of aromatic amines is 1. The van der Waals surface area contributed by atoms with Crippen LogP contribution in [0, 0.1) is 5.92 Å². The van der Waals surface area contributed by atoms with Crippen molar-refractivity contribution in [2.75, 3.05) is 6.54 Å². The number of H-pyrrole nitrogens is 1. The van der Waals surface area contributed by atoms with Gasteiger partial charge in [-0.25, -0.2) is 4.98 Å². The van der Waals surface area contributed by atoms with Gasteiger partial charge in [0, 0.05) is 56.1 Å². The van der Waals surface area contributed by atoms with Crippen molar-refractivity contribution in [3.05, 3.63) is 70.4 Å². The fourth-order valence-electron chi connectivity index (χ4n) is 4.66. The molecule has 1 saturated carbocycles. The van der Waals surface area contributed by atoms with Gasteiger partial charge in [-0.1, -0.05) is 24.3 Å². The number of hydrogen-bond acceptors (Lipinski definition) is 4. The lowest BCUT2D eigenvalue weighted by molar-refractivity contribution is 0.205. The highest BCUT2D eigenvalue weighted by molar-refractivity contribution is 5.55. The second-order valence-electron chi connectivity index (χ2n) is 8.06. The van der Waals surface area contributed by atoms with Crippen LogP contribution in [0.2, 0.25) is 0 Å². The molecule has 2 aliphatic rings. The van der Waals surface area contributed by atoms with Crippen molar-refractivity contribution in [2.45, 2.75) is 44.8 Å². The molecule has 6 nitrogen and oxygen atoms in total. The first-order chi connectivity index (χ1) is 13.7. The zero-order valence-electron chi connectivity index (χ0n) is 15.9. The van der Waals surface area contributed by atoms with Crippen molar-refractivity contribution in [3.8, 4) is 11.4 Å². The van der Waals surface area contributed by atoms with E-state index in [1.165, 1.54) is 31.4 Å². The minimum Gasteiger partial charge on any atom is -0.307 e. The van der Waals surface area contributed by atoms with Crippen molar-refractivity contribution >= 4 is 0 Å². The minimum absolute atomic E-state index is 0.113. The van der Waals surface area contributed by atoms with Crippen molar-refractivity contribution < 1.29 is 0 Å². The molecule has 0 amide bonds. The van der Waals surface area contributed by atoms with E-state index in [4.69, 9.17) is 0 Å².